The summed E-state index contributed by atoms with van der Waals surface area (Å²) in [6, 6.07) is 16.7. The Hall–Kier alpha value is -3.82. The SMILES string of the molecule is C/C=S1/c2ccc(C(=O)NCc3cnc(-c4cc(OC)ccn4)s3)cc2NC(=O)c2ccccc21. The third kappa shape index (κ3) is 4.60. The molecule has 3 heterocycles. The second-order valence-corrected chi connectivity index (χ2v) is 10.8. The predicted molar refractivity (Wildman–Crippen MR) is 140 cm³/mol. The highest BCUT2D eigenvalue weighted by atomic mass is 32.2. The average molecular weight is 503 g/mol. The molecule has 2 aromatic carbocycles. The first-order valence-electron chi connectivity index (χ1n) is 10.9. The Morgan fingerprint density at radius 3 is 2.83 bits per heavy atom. The van der Waals surface area contributed by atoms with Crippen molar-refractivity contribution in [1.29, 1.82) is 0 Å². The van der Waals surface area contributed by atoms with E-state index in [1.54, 1.807) is 37.7 Å². The second kappa shape index (κ2) is 9.81. The van der Waals surface area contributed by atoms with E-state index in [0.717, 1.165) is 25.4 Å². The molecule has 1 aliphatic heterocycles. The maximum absolute atomic E-state index is 12.9. The lowest BCUT2D eigenvalue weighted by molar-refractivity contribution is 0.0949. The van der Waals surface area contributed by atoms with E-state index in [4.69, 9.17) is 4.74 Å². The number of fused-ring (bicyclic) bond motifs is 2. The van der Waals surface area contributed by atoms with Crippen molar-refractivity contribution in [1.82, 2.24) is 15.3 Å². The number of pyridine rings is 1. The molecule has 0 bridgehead atoms. The van der Waals surface area contributed by atoms with Gasteiger partial charge in [-0.3, -0.25) is 14.6 Å². The Labute approximate surface area is 209 Å². The van der Waals surface area contributed by atoms with Gasteiger partial charge in [-0.25, -0.2) is 4.98 Å². The van der Waals surface area contributed by atoms with Crippen molar-refractivity contribution in [2.75, 3.05) is 12.4 Å². The summed E-state index contributed by atoms with van der Waals surface area (Å²) < 4.78 is 5.25. The van der Waals surface area contributed by atoms with Gasteiger partial charge in [0.15, 0.2) is 0 Å². The van der Waals surface area contributed by atoms with Crippen LogP contribution in [0, 0.1) is 0 Å². The molecule has 0 fully saturated rings. The van der Waals surface area contributed by atoms with Crippen molar-refractivity contribution >= 4 is 44.7 Å². The molecule has 2 N–H and O–H groups in total. The fourth-order valence-corrected chi connectivity index (χ4v) is 6.55. The number of amides is 2. The zero-order valence-electron chi connectivity index (χ0n) is 19.1. The minimum Gasteiger partial charge on any atom is -0.497 e. The van der Waals surface area contributed by atoms with Gasteiger partial charge < -0.3 is 15.4 Å². The van der Waals surface area contributed by atoms with Gasteiger partial charge in [0, 0.05) is 38.7 Å². The molecule has 5 rings (SSSR count). The molecule has 0 spiro atoms. The molecular weight excluding hydrogens is 480 g/mol. The highest BCUT2D eigenvalue weighted by molar-refractivity contribution is 8.15. The largest absolute Gasteiger partial charge is 0.497 e. The van der Waals surface area contributed by atoms with Crippen molar-refractivity contribution in [3.8, 4) is 16.5 Å². The Morgan fingerprint density at radius 2 is 2.00 bits per heavy atom. The maximum Gasteiger partial charge on any atom is 0.256 e. The van der Waals surface area contributed by atoms with Crippen LogP contribution in [0.2, 0.25) is 0 Å². The van der Waals surface area contributed by atoms with Gasteiger partial charge in [-0.2, -0.15) is 0 Å². The first kappa shape index (κ1) is 22.9. The topological polar surface area (TPSA) is 93.2 Å². The van der Waals surface area contributed by atoms with Crippen LogP contribution in [0.1, 0.15) is 32.5 Å². The van der Waals surface area contributed by atoms with E-state index in [0.29, 0.717) is 29.1 Å². The number of benzene rings is 2. The molecule has 176 valence electrons. The summed E-state index contributed by atoms with van der Waals surface area (Å²) in [6.45, 7) is 2.33. The number of hydrogen-bond acceptors (Lipinski definition) is 6. The molecule has 9 heteroatoms. The summed E-state index contributed by atoms with van der Waals surface area (Å²) in [5.41, 5.74) is 2.51. The van der Waals surface area contributed by atoms with Gasteiger partial charge in [0.05, 0.1) is 24.9 Å². The molecule has 7 nitrogen and oxygen atoms in total. The lowest BCUT2D eigenvalue weighted by Gasteiger charge is -2.13. The molecular formula is C26H22N4O3S2. The van der Waals surface area contributed by atoms with Crippen molar-refractivity contribution in [2.45, 2.75) is 23.3 Å². The summed E-state index contributed by atoms with van der Waals surface area (Å²) in [4.78, 5) is 37.4. The van der Waals surface area contributed by atoms with E-state index >= 15 is 0 Å². The van der Waals surface area contributed by atoms with Gasteiger partial charge in [-0.05, 0) is 43.3 Å². The van der Waals surface area contributed by atoms with Gasteiger partial charge in [0.1, 0.15) is 16.5 Å². The van der Waals surface area contributed by atoms with E-state index < -0.39 is 0 Å². The van der Waals surface area contributed by atoms with Crippen LogP contribution in [-0.4, -0.2) is 34.3 Å². The van der Waals surface area contributed by atoms with E-state index in [-0.39, 0.29) is 22.3 Å². The van der Waals surface area contributed by atoms with Gasteiger partial charge >= 0.3 is 0 Å². The fraction of sp³-hybridized carbons (Fsp3) is 0.115. The zero-order valence-corrected chi connectivity index (χ0v) is 20.7. The molecule has 1 aliphatic rings. The number of nitrogens with zero attached hydrogens (tertiary/aromatic N) is 2. The van der Waals surface area contributed by atoms with Crippen molar-refractivity contribution in [3.05, 3.63) is 83.0 Å². The summed E-state index contributed by atoms with van der Waals surface area (Å²) in [5, 5.41) is 8.78. The third-order valence-corrected chi connectivity index (χ3v) is 8.65. The van der Waals surface area contributed by atoms with Crippen LogP contribution in [0.5, 0.6) is 5.75 Å². The third-order valence-electron chi connectivity index (χ3n) is 5.49. The number of ether oxygens (including phenoxy) is 1. The minimum absolute atomic E-state index is 0.167. The molecule has 1 atom stereocenters. The molecule has 2 amide bonds. The molecule has 1 unspecified atom stereocenters. The standard InChI is InChI=1S/C26H22N4O3S2/c1-3-35-22-7-5-4-6-19(22)25(32)30-20-12-16(8-9-23(20)35)24(31)28-14-18-15-29-26(34-18)21-13-17(33-2)10-11-27-21/h3-13,15H,14H2,1-2H3,(H,28,31)(H,30,32). The monoisotopic (exact) mass is 502 g/mol. The smallest absolute Gasteiger partial charge is 0.256 e. The maximum atomic E-state index is 12.9. The number of hydrogen-bond donors (Lipinski definition) is 2. The summed E-state index contributed by atoms with van der Waals surface area (Å²) in [7, 11) is 1.23. The fourth-order valence-electron chi connectivity index (χ4n) is 3.80. The van der Waals surface area contributed by atoms with E-state index in [2.05, 4.69) is 26.0 Å². The molecule has 35 heavy (non-hydrogen) atoms. The number of carbonyl (C=O) groups is 2. The quantitative estimate of drug-likeness (QED) is 0.365. The summed E-state index contributed by atoms with van der Waals surface area (Å²) in [6.07, 6.45) is 3.41. The van der Waals surface area contributed by atoms with Crippen LogP contribution >= 0.6 is 21.8 Å². The lowest BCUT2D eigenvalue weighted by atomic mass is 10.1. The average Bonchev–Trinajstić information content (AvgIpc) is 3.33. The second-order valence-electron chi connectivity index (χ2n) is 7.63. The number of carbonyl (C=O) groups excluding carboxylic acids is 2. The van der Waals surface area contributed by atoms with Gasteiger partial charge in [0.25, 0.3) is 11.8 Å². The predicted octanol–water partition coefficient (Wildman–Crippen LogP) is 5.22. The first-order valence-corrected chi connectivity index (χ1v) is 13.0. The number of anilines is 1. The van der Waals surface area contributed by atoms with Crippen LogP contribution in [0.25, 0.3) is 10.7 Å². The first-order chi connectivity index (χ1) is 17.1. The van der Waals surface area contributed by atoms with Gasteiger partial charge in [-0.1, -0.05) is 17.5 Å². The zero-order chi connectivity index (χ0) is 24.4. The Kier molecular flexibility index (Phi) is 6.43. The number of rotatable bonds is 5. The normalized spacial score (nSPS) is 14.5. The summed E-state index contributed by atoms with van der Waals surface area (Å²) in [5.74, 6) is 0.320. The number of nitrogens with one attached hydrogen (secondary N) is 2. The number of aromatic nitrogens is 2. The highest BCUT2D eigenvalue weighted by Crippen LogP contribution is 2.44. The van der Waals surface area contributed by atoms with Crippen LogP contribution < -0.4 is 15.4 Å². The minimum atomic E-state index is -0.374. The lowest BCUT2D eigenvalue weighted by Crippen LogP contribution is -2.22. The van der Waals surface area contributed by atoms with Crippen molar-refractivity contribution < 1.29 is 14.3 Å². The van der Waals surface area contributed by atoms with Crippen molar-refractivity contribution in [3.63, 3.8) is 0 Å². The highest BCUT2D eigenvalue weighted by Gasteiger charge is 2.23. The van der Waals surface area contributed by atoms with E-state index in [1.165, 1.54) is 11.3 Å². The van der Waals surface area contributed by atoms with Crippen LogP contribution in [0.3, 0.4) is 0 Å². The van der Waals surface area contributed by atoms with Gasteiger partial charge in [0.2, 0.25) is 0 Å². The molecule has 4 aromatic rings. The Balaban J connectivity index is 1.33. The Bertz CT molecular complexity index is 1480. The van der Waals surface area contributed by atoms with Crippen LogP contribution in [0.15, 0.2) is 76.8 Å². The molecule has 0 saturated carbocycles. The molecule has 2 aromatic heterocycles. The van der Waals surface area contributed by atoms with E-state index in [1.807, 2.05) is 43.3 Å². The van der Waals surface area contributed by atoms with Crippen molar-refractivity contribution in [2.24, 2.45) is 0 Å². The van der Waals surface area contributed by atoms with Gasteiger partial charge in [-0.15, -0.1) is 21.8 Å². The Morgan fingerprint density at radius 1 is 1.14 bits per heavy atom. The molecule has 0 aliphatic carbocycles. The van der Waals surface area contributed by atoms with Crippen LogP contribution in [-0.2, 0) is 6.54 Å². The van der Waals surface area contributed by atoms with E-state index in [9.17, 15) is 9.59 Å². The number of thiazole rings is 1. The summed E-state index contributed by atoms with van der Waals surface area (Å²) >= 11 is 1.46. The van der Waals surface area contributed by atoms with Crippen LogP contribution in [0.4, 0.5) is 5.69 Å². The molecule has 0 radical (unpaired) electrons. The number of methoxy groups -OCH3 is 1. The molecule has 0 saturated heterocycles.